The average Bonchev–Trinajstić information content (AvgIpc) is 3.41. The zero-order valence-electron chi connectivity index (χ0n) is 17.9. The fourth-order valence-electron chi connectivity index (χ4n) is 4.43. The minimum absolute atomic E-state index is 0. The molecule has 5 rings (SSSR count). The molecular formula is C24H29Cl3N4O. The maximum atomic E-state index is 5.82. The van der Waals surface area contributed by atoms with Crippen molar-refractivity contribution >= 4 is 48.2 Å². The van der Waals surface area contributed by atoms with Gasteiger partial charge in [-0.05, 0) is 43.1 Å². The molecule has 3 heterocycles. The van der Waals surface area contributed by atoms with Gasteiger partial charge >= 0.3 is 0 Å². The fourth-order valence-corrected chi connectivity index (χ4v) is 4.43. The largest absolute Gasteiger partial charge is 0.464 e. The quantitative estimate of drug-likeness (QED) is 0.374. The number of nitrogens with zero attached hydrogens (tertiary/aromatic N) is 2. The molecule has 1 fully saturated rings. The summed E-state index contributed by atoms with van der Waals surface area (Å²) >= 11 is 0. The molecule has 32 heavy (non-hydrogen) atoms. The van der Waals surface area contributed by atoms with Gasteiger partial charge in [-0.25, -0.2) is 4.98 Å². The van der Waals surface area contributed by atoms with Gasteiger partial charge in [-0.1, -0.05) is 30.3 Å². The Morgan fingerprint density at radius 3 is 2.69 bits per heavy atom. The Bertz CT molecular complexity index is 1110. The third kappa shape index (κ3) is 5.30. The van der Waals surface area contributed by atoms with Crippen molar-refractivity contribution < 1.29 is 4.42 Å². The van der Waals surface area contributed by atoms with Gasteiger partial charge in [0.05, 0.1) is 24.5 Å². The molecule has 2 aromatic carbocycles. The van der Waals surface area contributed by atoms with Crippen LogP contribution in [0.4, 0.5) is 0 Å². The predicted octanol–water partition coefficient (Wildman–Crippen LogP) is 5.68. The first-order valence-electron chi connectivity index (χ1n) is 10.3. The van der Waals surface area contributed by atoms with Crippen LogP contribution in [-0.2, 0) is 13.6 Å². The molecule has 1 saturated heterocycles. The van der Waals surface area contributed by atoms with Gasteiger partial charge in [0.25, 0.3) is 0 Å². The second kappa shape index (κ2) is 11.7. The van der Waals surface area contributed by atoms with Gasteiger partial charge in [0, 0.05) is 42.2 Å². The highest BCUT2D eigenvalue weighted by Crippen LogP contribution is 2.29. The van der Waals surface area contributed by atoms with Crippen LogP contribution in [0, 0.1) is 0 Å². The first-order chi connectivity index (χ1) is 14.3. The number of hydrogen-bond acceptors (Lipinski definition) is 4. The lowest BCUT2D eigenvalue weighted by Gasteiger charge is -2.34. The van der Waals surface area contributed by atoms with Crippen LogP contribution in [0.1, 0.15) is 30.0 Å². The first kappa shape index (κ1) is 26.2. The van der Waals surface area contributed by atoms with E-state index in [9.17, 15) is 0 Å². The average molecular weight is 496 g/mol. The number of benzene rings is 2. The van der Waals surface area contributed by atoms with E-state index in [4.69, 9.17) is 4.42 Å². The molecule has 0 spiro atoms. The van der Waals surface area contributed by atoms with Crippen LogP contribution in [0.3, 0.4) is 0 Å². The Balaban J connectivity index is 0.00000121. The summed E-state index contributed by atoms with van der Waals surface area (Å²) in [4.78, 5) is 4.27. The Labute approximate surface area is 207 Å². The SMILES string of the molecule is Cl.Cl.Cl.Cn1cncc1-c1cc(CN[C@H]2CCCN[C@H]2c2ccccc2)c2occc2c1. The summed E-state index contributed by atoms with van der Waals surface area (Å²) < 4.78 is 7.88. The van der Waals surface area contributed by atoms with Crippen LogP contribution in [0.5, 0.6) is 0 Å². The number of hydrogen-bond donors (Lipinski definition) is 2. The van der Waals surface area contributed by atoms with E-state index >= 15 is 0 Å². The van der Waals surface area contributed by atoms with Gasteiger partial charge in [-0.15, -0.1) is 37.2 Å². The minimum Gasteiger partial charge on any atom is -0.464 e. The third-order valence-electron chi connectivity index (χ3n) is 5.91. The van der Waals surface area contributed by atoms with Gasteiger partial charge in [-0.3, -0.25) is 0 Å². The van der Waals surface area contributed by atoms with Gasteiger partial charge in [0.15, 0.2) is 0 Å². The summed E-state index contributed by atoms with van der Waals surface area (Å²) in [5, 5.41) is 8.63. The monoisotopic (exact) mass is 494 g/mol. The molecule has 1 aliphatic rings. The van der Waals surface area contributed by atoms with Crippen molar-refractivity contribution in [2.75, 3.05) is 6.54 Å². The lowest BCUT2D eigenvalue weighted by atomic mass is 9.92. The highest BCUT2D eigenvalue weighted by atomic mass is 35.5. The van der Waals surface area contributed by atoms with E-state index in [1.54, 1.807) is 6.26 Å². The van der Waals surface area contributed by atoms with Gasteiger partial charge < -0.3 is 19.6 Å². The number of fused-ring (bicyclic) bond motifs is 1. The number of imidazole rings is 1. The summed E-state index contributed by atoms with van der Waals surface area (Å²) in [7, 11) is 2.03. The third-order valence-corrected chi connectivity index (χ3v) is 5.91. The zero-order valence-corrected chi connectivity index (χ0v) is 20.3. The number of halogens is 3. The molecule has 2 N–H and O–H groups in total. The molecule has 1 aliphatic heterocycles. The number of rotatable bonds is 5. The van der Waals surface area contributed by atoms with Crippen molar-refractivity contribution in [3.8, 4) is 11.3 Å². The number of nitrogens with one attached hydrogen (secondary N) is 2. The molecule has 0 saturated carbocycles. The molecule has 2 aromatic heterocycles. The lowest BCUT2D eigenvalue weighted by molar-refractivity contribution is 0.304. The highest BCUT2D eigenvalue weighted by molar-refractivity contribution is 5.86. The molecule has 0 radical (unpaired) electrons. The number of furan rings is 1. The van der Waals surface area contributed by atoms with E-state index in [1.165, 1.54) is 17.5 Å². The van der Waals surface area contributed by atoms with Crippen LogP contribution < -0.4 is 10.6 Å². The van der Waals surface area contributed by atoms with Gasteiger partial charge in [0.2, 0.25) is 0 Å². The van der Waals surface area contributed by atoms with E-state index in [1.807, 2.05) is 25.6 Å². The predicted molar refractivity (Wildman–Crippen MR) is 137 cm³/mol. The Kier molecular flexibility index (Phi) is 9.62. The van der Waals surface area contributed by atoms with Crippen LogP contribution in [-0.4, -0.2) is 22.1 Å². The summed E-state index contributed by atoms with van der Waals surface area (Å²) in [6, 6.07) is 17.9. The Morgan fingerprint density at radius 2 is 1.94 bits per heavy atom. The maximum Gasteiger partial charge on any atom is 0.138 e. The van der Waals surface area contributed by atoms with E-state index < -0.39 is 0 Å². The minimum atomic E-state index is 0. The van der Waals surface area contributed by atoms with E-state index in [2.05, 4.69) is 62.6 Å². The molecular weight excluding hydrogens is 467 g/mol. The molecule has 4 aromatic rings. The summed E-state index contributed by atoms with van der Waals surface area (Å²) in [6.45, 7) is 1.83. The second-order valence-electron chi connectivity index (χ2n) is 7.84. The Hall–Kier alpha value is -2.02. The van der Waals surface area contributed by atoms with Crippen molar-refractivity contribution in [3.05, 3.63) is 78.4 Å². The number of aryl methyl sites for hydroxylation is 1. The lowest BCUT2D eigenvalue weighted by Crippen LogP contribution is -2.45. The zero-order chi connectivity index (χ0) is 19.6. The van der Waals surface area contributed by atoms with E-state index in [0.29, 0.717) is 12.1 Å². The number of aromatic nitrogens is 2. The summed E-state index contributed by atoms with van der Waals surface area (Å²) in [6.07, 6.45) is 7.87. The van der Waals surface area contributed by atoms with E-state index in [-0.39, 0.29) is 37.2 Å². The van der Waals surface area contributed by atoms with Crippen molar-refractivity contribution in [3.63, 3.8) is 0 Å². The van der Waals surface area contributed by atoms with Gasteiger partial charge in [0.1, 0.15) is 5.58 Å². The first-order valence-corrected chi connectivity index (χ1v) is 10.3. The normalized spacial score (nSPS) is 17.8. The maximum absolute atomic E-state index is 5.82. The standard InChI is InChI=1S/C24H26N4O.3ClH/c1-28-16-25-15-22(28)19-12-18-9-11-29-24(18)20(13-19)14-27-21-8-5-10-26-23(21)17-6-3-2-4-7-17;;;/h2-4,6-7,9,11-13,15-16,21,23,26-27H,5,8,10,14H2,1H3;3*1H/t21-,23-;;;/m0.../s1. The molecule has 2 atom stereocenters. The van der Waals surface area contributed by atoms with Crippen molar-refractivity contribution in [2.24, 2.45) is 7.05 Å². The molecule has 0 amide bonds. The molecule has 0 bridgehead atoms. The van der Waals surface area contributed by atoms with Crippen LogP contribution in [0.2, 0.25) is 0 Å². The molecule has 5 nitrogen and oxygen atoms in total. The Morgan fingerprint density at radius 1 is 1.12 bits per heavy atom. The summed E-state index contributed by atoms with van der Waals surface area (Å²) in [5.41, 5.74) is 5.76. The van der Waals surface area contributed by atoms with Crippen LogP contribution in [0.15, 0.2) is 71.7 Å². The van der Waals surface area contributed by atoms with Crippen molar-refractivity contribution in [2.45, 2.75) is 31.5 Å². The van der Waals surface area contributed by atoms with Crippen LogP contribution in [0.25, 0.3) is 22.2 Å². The van der Waals surface area contributed by atoms with Crippen molar-refractivity contribution in [1.29, 1.82) is 0 Å². The molecule has 172 valence electrons. The second-order valence-corrected chi connectivity index (χ2v) is 7.84. The fraction of sp³-hybridized carbons (Fsp3) is 0.292. The number of piperidine rings is 1. The van der Waals surface area contributed by atoms with Gasteiger partial charge in [-0.2, -0.15) is 0 Å². The van der Waals surface area contributed by atoms with Crippen LogP contribution >= 0.6 is 37.2 Å². The molecule has 0 aliphatic carbocycles. The summed E-state index contributed by atoms with van der Waals surface area (Å²) in [5.74, 6) is 0. The topological polar surface area (TPSA) is 55.0 Å². The molecule has 8 heteroatoms. The smallest absolute Gasteiger partial charge is 0.138 e. The van der Waals surface area contributed by atoms with E-state index in [0.717, 1.165) is 41.7 Å². The highest BCUT2D eigenvalue weighted by Gasteiger charge is 2.26. The molecule has 0 unspecified atom stereocenters. The van der Waals surface area contributed by atoms with Crippen molar-refractivity contribution in [1.82, 2.24) is 20.2 Å².